The highest BCUT2D eigenvalue weighted by atomic mass is 32.1. The number of nitrogens with zero attached hydrogens (tertiary/aromatic N) is 2. The fraction of sp³-hybridized carbons (Fsp3) is 0.533. The molecule has 19 heavy (non-hydrogen) atoms. The second-order valence-electron chi connectivity index (χ2n) is 5.08. The van der Waals surface area contributed by atoms with Crippen LogP contribution < -0.4 is 5.32 Å². The van der Waals surface area contributed by atoms with E-state index in [4.69, 9.17) is 12.2 Å². The van der Waals surface area contributed by atoms with Crippen molar-refractivity contribution in [3.63, 3.8) is 0 Å². The first kappa shape index (κ1) is 14.1. The molecule has 0 bridgehead atoms. The van der Waals surface area contributed by atoms with Gasteiger partial charge in [-0.3, -0.25) is 0 Å². The van der Waals surface area contributed by atoms with Gasteiger partial charge in [0, 0.05) is 32.0 Å². The molecule has 1 aliphatic rings. The van der Waals surface area contributed by atoms with Crippen LogP contribution in [0.5, 0.6) is 0 Å². The summed E-state index contributed by atoms with van der Waals surface area (Å²) < 4.78 is 2.21. The minimum absolute atomic E-state index is 0.396. The summed E-state index contributed by atoms with van der Waals surface area (Å²) in [4.78, 5) is 2.35. The molecule has 0 saturated carbocycles. The van der Waals surface area contributed by atoms with E-state index in [0.29, 0.717) is 6.04 Å². The molecule has 4 heteroatoms. The summed E-state index contributed by atoms with van der Waals surface area (Å²) in [6.07, 6.45) is 8.92. The maximum Gasteiger partial charge on any atom is 0.169 e. The molecule has 0 aromatic carbocycles. The van der Waals surface area contributed by atoms with Gasteiger partial charge in [-0.2, -0.15) is 0 Å². The number of rotatable bonds is 3. The molecule has 2 heterocycles. The molecule has 0 unspecified atom stereocenters. The minimum Gasteiger partial charge on any atom is -0.359 e. The van der Waals surface area contributed by atoms with Crippen LogP contribution in [0.3, 0.4) is 0 Å². The van der Waals surface area contributed by atoms with Crippen molar-refractivity contribution < 1.29 is 0 Å². The summed E-state index contributed by atoms with van der Waals surface area (Å²) in [5.41, 5.74) is 1.35. The number of aryl methyl sites for hydroxylation is 1. The largest absolute Gasteiger partial charge is 0.359 e. The Balaban J connectivity index is 2.18. The zero-order valence-electron chi connectivity index (χ0n) is 11.6. The highest BCUT2D eigenvalue weighted by Gasteiger charge is 2.25. The third-order valence-corrected chi connectivity index (χ3v) is 4.12. The van der Waals surface area contributed by atoms with Gasteiger partial charge in [-0.15, -0.1) is 6.58 Å². The highest BCUT2D eigenvalue weighted by molar-refractivity contribution is 7.80. The van der Waals surface area contributed by atoms with Gasteiger partial charge in [-0.25, -0.2) is 0 Å². The van der Waals surface area contributed by atoms with Crippen LogP contribution in [0.15, 0.2) is 31.0 Å². The SMILES string of the molecule is C=CCNC(=S)N1CCCCC[C@H]1c1cccn1C. The second-order valence-corrected chi connectivity index (χ2v) is 5.46. The summed E-state index contributed by atoms with van der Waals surface area (Å²) >= 11 is 5.55. The molecule has 1 N–H and O–H groups in total. The Morgan fingerprint density at radius 1 is 1.53 bits per heavy atom. The van der Waals surface area contributed by atoms with Crippen molar-refractivity contribution in [1.82, 2.24) is 14.8 Å². The lowest BCUT2D eigenvalue weighted by Gasteiger charge is -2.32. The van der Waals surface area contributed by atoms with Crippen molar-refractivity contribution in [2.24, 2.45) is 7.05 Å². The summed E-state index contributed by atoms with van der Waals surface area (Å²) in [5, 5.41) is 4.13. The quantitative estimate of drug-likeness (QED) is 0.677. The van der Waals surface area contributed by atoms with Gasteiger partial charge in [0.25, 0.3) is 0 Å². The Labute approximate surface area is 121 Å². The van der Waals surface area contributed by atoms with E-state index >= 15 is 0 Å². The number of likely N-dealkylation sites (tertiary alicyclic amines) is 1. The molecular formula is C15H23N3S. The smallest absolute Gasteiger partial charge is 0.169 e. The first-order valence-corrected chi connectivity index (χ1v) is 7.41. The van der Waals surface area contributed by atoms with E-state index in [9.17, 15) is 0 Å². The predicted molar refractivity (Wildman–Crippen MR) is 84.1 cm³/mol. The predicted octanol–water partition coefficient (Wildman–Crippen LogP) is 3.00. The van der Waals surface area contributed by atoms with Gasteiger partial charge in [-0.1, -0.05) is 18.9 Å². The molecular weight excluding hydrogens is 254 g/mol. The van der Waals surface area contributed by atoms with Gasteiger partial charge in [0.1, 0.15) is 0 Å². The fourth-order valence-electron chi connectivity index (χ4n) is 2.74. The minimum atomic E-state index is 0.396. The van der Waals surface area contributed by atoms with Gasteiger partial charge in [0.05, 0.1) is 6.04 Å². The molecule has 0 radical (unpaired) electrons. The average Bonchev–Trinajstić information content (AvgIpc) is 2.69. The average molecular weight is 277 g/mol. The molecule has 3 nitrogen and oxygen atoms in total. The topological polar surface area (TPSA) is 20.2 Å². The number of hydrogen-bond acceptors (Lipinski definition) is 1. The first-order valence-electron chi connectivity index (χ1n) is 7.00. The third-order valence-electron chi connectivity index (χ3n) is 3.74. The summed E-state index contributed by atoms with van der Waals surface area (Å²) in [6.45, 7) is 5.51. The summed E-state index contributed by atoms with van der Waals surface area (Å²) in [5.74, 6) is 0. The summed E-state index contributed by atoms with van der Waals surface area (Å²) in [6, 6.07) is 4.71. The lowest BCUT2D eigenvalue weighted by Crippen LogP contribution is -2.42. The van der Waals surface area contributed by atoms with Gasteiger partial charge in [-0.05, 0) is 37.2 Å². The van der Waals surface area contributed by atoms with E-state index < -0.39 is 0 Å². The Kier molecular flexibility index (Phi) is 5.02. The van der Waals surface area contributed by atoms with E-state index in [1.165, 1.54) is 31.4 Å². The van der Waals surface area contributed by atoms with Crippen LogP contribution >= 0.6 is 12.2 Å². The van der Waals surface area contributed by atoms with Crippen molar-refractivity contribution in [2.45, 2.75) is 31.7 Å². The van der Waals surface area contributed by atoms with Crippen LogP contribution in [0.1, 0.15) is 37.4 Å². The van der Waals surface area contributed by atoms with Crippen LogP contribution in [-0.4, -0.2) is 27.7 Å². The van der Waals surface area contributed by atoms with Crippen molar-refractivity contribution in [3.05, 3.63) is 36.7 Å². The molecule has 1 aliphatic heterocycles. The fourth-order valence-corrected chi connectivity index (χ4v) is 3.04. The third kappa shape index (κ3) is 3.38. The van der Waals surface area contributed by atoms with Crippen molar-refractivity contribution >= 4 is 17.3 Å². The van der Waals surface area contributed by atoms with E-state index in [-0.39, 0.29) is 0 Å². The number of nitrogens with one attached hydrogen (secondary N) is 1. The lowest BCUT2D eigenvalue weighted by molar-refractivity contribution is 0.307. The molecule has 1 fully saturated rings. The van der Waals surface area contributed by atoms with E-state index in [1.54, 1.807) is 0 Å². The number of aromatic nitrogens is 1. The summed E-state index contributed by atoms with van der Waals surface area (Å²) in [7, 11) is 2.11. The van der Waals surface area contributed by atoms with Crippen LogP contribution in [-0.2, 0) is 7.05 Å². The lowest BCUT2D eigenvalue weighted by atomic mass is 10.1. The zero-order chi connectivity index (χ0) is 13.7. The molecule has 0 spiro atoms. The van der Waals surface area contributed by atoms with Crippen molar-refractivity contribution in [3.8, 4) is 0 Å². The molecule has 104 valence electrons. The van der Waals surface area contributed by atoms with Crippen LogP contribution in [0, 0.1) is 0 Å². The monoisotopic (exact) mass is 277 g/mol. The Bertz CT molecular complexity index is 438. The van der Waals surface area contributed by atoms with Crippen molar-refractivity contribution in [1.29, 1.82) is 0 Å². The zero-order valence-corrected chi connectivity index (χ0v) is 12.5. The maximum absolute atomic E-state index is 5.55. The van der Waals surface area contributed by atoms with Gasteiger partial charge < -0.3 is 14.8 Å². The second kappa shape index (κ2) is 6.75. The van der Waals surface area contributed by atoms with Gasteiger partial charge in [0.15, 0.2) is 5.11 Å². The van der Waals surface area contributed by atoms with Gasteiger partial charge >= 0.3 is 0 Å². The van der Waals surface area contributed by atoms with E-state index in [2.05, 4.69) is 46.7 Å². The van der Waals surface area contributed by atoms with Crippen molar-refractivity contribution in [2.75, 3.05) is 13.1 Å². The van der Waals surface area contributed by atoms with E-state index in [0.717, 1.165) is 18.2 Å². The molecule has 2 rings (SSSR count). The van der Waals surface area contributed by atoms with Crippen LogP contribution in [0.25, 0.3) is 0 Å². The molecule has 0 aliphatic carbocycles. The first-order chi connectivity index (χ1) is 9.24. The highest BCUT2D eigenvalue weighted by Crippen LogP contribution is 2.30. The van der Waals surface area contributed by atoms with Crippen LogP contribution in [0.4, 0.5) is 0 Å². The maximum atomic E-state index is 5.55. The number of thiocarbonyl (C=S) groups is 1. The Hall–Kier alpha value is -1.29. The molecule has 1 saturated heterocycles. The standard InChI is InChI=1S/C15H23N3S/c1-3-10-16-15(19)18-12-6-4-5-8-14(18)13-9-7-11-17(13)2/h3,7,9,11,14H,1,4-6,8,10,12H2,2H3,(H,16,19)/t14-/m0/s1. The molecule has 1 aromatic rings. The molecule has 1 aromatic heterocycles. The Morgan fingerprint density at radius 2 is 2.37 bits per heavy atom. The molecule has 0 amide bonds. The van der Waals surface area contributed by atoms with E-state index in [1.807, 2.05) is 6.08 Å². The molecule has 1 atom stereocenters. The van der Waals surface area contributed by atoms with Gasteiger partial charge in [0.2, 0.25) is 0 Å². The number of hydrogen-bond donors (Lipinski definition) is 1. The Morgan fingerprint density at radius 3 is 3.05 bits per heavy atom. The van der Waals surface area contributed by atoms with Crippen LogP contribution in [0.2, 0.25) is 0 Å². The normalized spacial score (nSPS) is 19.8.